The van der Waals surface area contributed by atoms with Crippen LogP contribution in [0.4, 0.5) is 0 Å². The van der Waals surface area contributed by atoms with E-state index in [4.69, 9.17) is 0 Å². The summed E-state index contributed by atoms with van der Waals surface area (Å²) in [7, 11) is -3.48. The molecule has 2 aromatic carbocycles. The third kappa shape index (κ3) is 5.51. The second-order valence-corrected chi connectivity index (χ2v) is 9.08. The Bertz CT molecular complexity index is 904. The molecule has 0 atom stereocenters. The SMILES string of the molecule is O=C(Cc1ccc(Br)cc1)N1CCN(S(=O)(=O)/C=C/c2ccccc2)CC1. The lowest BCUT2D eigenvalue weighted by Gasteiger charge is -2.33. The van der Waals surface area contributed by atoms with Crippen molar-refractivity contribution in [3.8, 4) is 0 Å². The Hall–Kier alpha value is -1.96. The Kier molecular flexibility index (Phi) is 6.46. The molecule has 0 unspecified atom stereocenters. The first-order chi connectivity index (χ1) is 12.9. The van der Waals surface area contributed by atoms with E-state index in [1.807, 2.05) is 54.6 Å². The number of carbonyl (C=O) groups is 1. The molecule has 0 radical (unpaired) electrons. The van der Waals surface area contributed by atoms with Crippen molar-refractivity contribution in [3.05, 3.63) is 75.6 Å². The van der Waals surface area contributed by atoms with E-state index in [-0.39, 0.29) is 5.91 Å². The standard InChI is InChI=1S/C20H21BrN2O3S/c21-19-8-6-18(7-9-19)16-20(24)22-11-13-23(14-12-22)27(25,26)15-10-17-4-2-1-3-5-17/h1-10,15H,11-14,16H2/b15-10+. The van der Waals surface area contributed by atoms with Gasteiger partial charge in [-0.1, -0.05) is 58.4 Å². The van der Waals surface area contributed by atoms with E-state index < -0.39 is 10.0 Å². The number of hydrogen-bond acceptors (Lipinski definition) is 3. The van der Waals surface area contributed by atoms with Crippen molar-refractivity contribution in [3.63, 3.8) is 0 Å². The van der Waals surface area contributed by atoms with Crippen LogP contribution in [0, 0.1) is 0 Å². The number of piperazine rings is 1. The second kappa shape index (κ2) is 8.82. The molecule has 27 heavy (non-hydrogen) atoms. The molecule has 1 heterocycles. The van der Waals surface area contributed by atoms with Crippen LogP contribution in [-0.2, 0) is 21.2 Å². The highest BCUT2D eigenvalue weighted by atomic mass is 79.9. The van der Waals surface area contributed by atoms with Crippen molar-refractivity contribution in [1.82, 2.24) is 9.21 Å². The molecule has 1 saturated heterocycles. The number of sulfonamides is 1. The zero-order chi connectivity index (χ0) is 19.3. The molecule has 0 N–H and O–H groups in total. The van der Waals surface area contributed by atoms with Crippen LogP contribution in [0.2, 0.25) is 0 Å². The van der Waals surface area contributed by atoms with Crippen LogP contribution in [-0.4, -0.2) is 49.7 Å². The van der Waals surface area contributed by atoms with Gasteiger partial charge >= 0.3 is 0 Å². The molecule has 0 aromatic heterocycles. The summed E-state index contributed by atoms with van der Waals surface area (Å²) in [6, 6.07) is 17.0. The van der Waals surface area contributed by atoms with Gasteiger partial charge in [0.1, 0.15) is 0 Å². The average Bonchev–Trinajstić information content (AvgIpc) is 2.69. The van der Waals surface area contributed by atoms with Crippen LogP contribution >= 0.6 is 15.9 Å². The molecular weight excluding hydrogens is 428 g/mol. The summed E-state index contributed by atoms with van der Waals surface area (Å²) < 4.78 is 27.4. The highest BCUT2D eigenvalue weighted by Gasteiger charge is 2.27. The summed E-state index contributed by atoms with van der Waals surface area (Å²) in [5.74, 6) is 0.0224. The molecular formula is C20H21BrN2O3S. The first-order valence-electron chi connectivity index (χ1n) is 8.69. The predicted octanol–water partition coefficient (Wildman–Crippen LogP) is 3.14. The van der Waals surface area contributed by atoms with Crippen LogP contribution in [0.5, 0.6) is 0 Å². The number of benzene rings is 2. The minimum Gasteiger partial charge on any atom is -0.340 e. The molecule has 1 amide bonds. The Labute approximate surface area is 168 Å². The van der Waals surface area contributed by atoms with E-state index in [0.717, 1.165) is 15.6 Å². The van der Waals surface area contributed by atoms with Gasteiger partial charge in [-0.05, 0) is 29.3 Å². The topological polar surface area (TPSA) is 57.7 Å². The third-order valence-corrected chi connectivity index (χ3v) is 6.55. The molecule has 7 heteroatoms. The van der Waals surface area contributed by atoms with Gasteiger partial charge in [0.05, 0.1) is 6.42 Å². The van der Waals surface area contributed by atoms with Crippen molar-refractivity contribution in [2.24, 2.45) is 0 Å². The minimum atomic E-state index is -3.48. The van der Waals surface area contributed by atoms with Crippen LogP contribution in [0.25, 0.3) is 6.08 Å². The van der Waals surface area contributed by atoms with Gasteiger partial charge in [0, 0.05) is 36.1 Å². The molecule has 0 saturated carbocycles. The van der Waals surface area contributed by atoms with Crippen LogP contribution in [0.1, 0.15) is 11.1 Å². The van der Waals surface area contributed by atoms with Gasteiger partial charge < -0.3 is 4.90 Å². The molecule has 0 spiro atoms. The smallest absolute Gasteiger partial charge is 0.236 e. The fraction of sp³-hybridized carbons (Fsp3) is 0.250. The number of carbonyl (C=O) groups excluding carboxylic acids is 1. The fourth-order valence-electron chi connectivity index (χ4n) is 2.90. The van der Waals surface area contributed by atoms with E-state index in [0.29, 0.717) is 32.6 Å². The van der Waals surface area contributed by atoms with E-state index in [1.54, 1.807) is 11.0 Å². The second-order valence-electron chi connectivity index (χ2n) is 6.34. The lowest BCUT2D eigenvalue weighted by atomic mass is 10.1. The molecule has 0 bridgehead atoms. The van der Waals surface area contributed by atoms with Gasteiger partial charge in [0.15, 0.2) is 0 Å². The van der Waals surface area contributed by atoms with Crippen LogP contribution in [0.3, 0.4) is 0 Å². The Morgan fingerprint density at radius 1 is 0.963 bits per heavy atom. The number of hydrogen-bond donors (Lipinski definition) is 0. The third-order valence-electron chi connectivity index (χ3n) is 4.45. The van der Waals surface area contributed by atoms with Crippen molar-refractivity contribution in [1.29, 1.82) is 0 Å². The molecule has 2 aromatic rings. The predicted molar refractivity (Wildman–Crippen MR) is 110 cm³/mol. The summed E-state index contributed by atoms with van der Waals surface area (Å²) in [5.41, 5.74) is 1.79. The first-order valence-corrected chi connectivity index (χ1v) is 11.0. The number of nitrogens with zero attached hydrogens (tertiary/aromatic N) is 2. The Balaban J connectivity index is 1.55. The Morgan fingerprint density at radius 2 is 1.59 bits per heavy atom. The maximum absolute atomic E-state index is 12.5. The van der Waals surface area contributed by atoms with E-state index in [2.05, 4.69) is 15.9 Å². The zero-order valence-corrected chi connectivity index (χ0v) is 17.2. The number of halogens is 1. The minimum absolute atomic E-state index is 0.0224. The molecule has 1 aliphatic rings. The highest BCUT2D eigenvalue weighted by molar-refractivity contribution is 9.10. The summed E-state index contributed by atoms with van der Waals surface area (Å²) in [6.45, 7) is 1.45. The number of rotatable bonds is 5. The largest absolute Gasteiger partial charge is 0.340 e. The normalized spacial score (nSPS) is 16.0. The van der Waals surface area contributed by atoms with E-state index in [1.165, 1.54) is 9.71 Å². The molecule has 1 fully saturated rings. The molecule has 1 aliphatic heterocycles. The molecule has 5 nitrogen and oxygen atoms in total. The van der Waals surface area contributed by atoms with Crippen molar-refractivity contribution >= 4 is 37.9 Å². The van der Waals surface area contributed by atoms with Crippen LogP contribution in [0.15, 0.2) is 64.5 Å². The van der Waals surface area contributed by atoms with Crippen LogP contribution < -0.4 is 0 Å². The average molecular weight is 449 g/mol. The monoisotopic (exact) mass is 448 g/mol. The van der Waals surface area contributed by atoms with E-state index in [9.17, 15) is 13.2 Å². The summed E-state index contributed by atoms with van der Waals surface area (Å²) >= 11 is 3.38. The first kappa shape index (κ1) is 19.8. The molecule has 0 aliphatic carbocycles. The van der Waals surface area contributed by atoms with Gasteiger partial charge in [-0.2, -0.15) is 4.31 Å². The summed E-state index contributed by atoms with van der Waals surface area (Å²) in [4.78, 5) is 14.2. The Morgan fingerprint density at radius 3 is 2.22 bits per heavy atom. The lowest BCUT2D eigenvalue weighted by molar-refractivity contribution is -0.131. The van der Waals surface area contributed by atoms with E-state index >= 15 is 0 Å². The van der Waals surface area contributed by atoms with Gasteiger partial charge in [0.2, 0.25) is 15.9 Å². The van der Waals surface area contributed by atoms with Crippen molar-refractivity contribution in [2.45, 2.75) is 6.42 Å². The number of amides is 1. The van der Waals surface area contributed by atoms with Gasteiger partial charge in [-0.3, -0.25) is 4.79 Å². The zero-order valence-electron chi connectivity index (χ0n) is 14.8. The molecule has 142 valence electrons. The maximum atomic E-state index is 12.5. The molecule has 3 rings (SSSR count). The fourth-order valence-corrected chi connectivity index (χ4v) is 4.33. The summed E-state index contributed by atoms with van der Waals surface area (Å²) in [5, 5.41) is 1.24. The van der Waals surface area contributed by atoms with Gasteiger partial charge in [0.25, 0.3) is 0 Å². The quantitative estimate of drug-likeness (QED) is 0.705. The maximum Gasteiger partial charge on any atom is 0.236 e. The highest BCUT2D eigenvalue weighted by Crippen LogP contribution is 2.14. The van der Waals surface area contributed by atoms with Gasteiger partial charge in [-0.15, -0.1) is 0 Å². The van der Waals surface area contributed by atoms with Crippen molar-refractivity contribution in [2.75, 3.05) is 26.2 Å². The summed E-state index contributed by atoms with van der Waals surface area (Å²) in [6.07, 6.45) is 1.92. The van der Waals surface area contributed by atoms with Gasteiger partial charge in [-0.25, -0.2) is 8.42 Å². The van der Waals surface area contributed by atoms with Crippen molar-refractivity contribution < 1.29 is 13.2 Å². The lowest BCUT2D eigenvalue weighted by Crippen LogP contribution is -2.50.